The number of pyridine rings is 1. The van der Waals surface area contributed by atoms with Gasteiger partial charge in [-0.2, -0.15) is 13.2 Å². The van der Waals surface area contributed by atoms with Crippen LogP contribution in [0.1, 0.15) is 5.69 Å². The van der Waals surface area contributed by atoms with Gasteiger partial charge in [-0.25, -0.2) is 4.98 Å². The molecule has 0 saturated heterocycles. The molecule has 0 saturated carbocycles. The summed E-state index contributed by atoms with van der Waals surface area (Å²) in [6.45, 7) is 0. The Morgan fingerprint density at radius 3 is 2.47 bits per heavy atom. The molecule has 0 fully saturated rings. The molecule has 2 aromatic rings. The van der Waals surface area contributed by atoms with Gasteiger partial charge in [0.1, 0.15) is 11.4 Å². The van der Waals surface area contributed by atoms with Crippen molar-refractivity contribution in [3.8, 4) is 11.5 Å². The van der Waals surface area contributed by atoms with E-state index in [1.165, 1.54) is 0 Å². The Balaban J connectivity index is 2.38. The van der Waals surface area contributed by atoms with Crippen LogP contribution in [-0.2, 0) is 6.18 Å². The Morgan fingerprint density at radius 1 is 1.16 bits per heavy atom. The predicted molar refractivity (Wildman–Crippen MR) is 67.9 cm³/mol. The molecule has 0 amide bonds. The quantitative estimate of drug-likeness (QED) is 0.894. The Bertz CT molecular complexity index is 602. The van der Waals surface area contributed by atoms with Crippen LogP contribution in [0, 0.1) is 0 Å². The normalized spacial score (nSPS) is 11.4. The average Bonchev–Trinajstić information content (AvgIpc) is 2.33. The van der Waals surface area contributed by atoms with Crippen molar-refractivity contribution in [3.05, 3.63) is 46.7 Å². The number of anilines is 1. The number of benzene rings is 1. The molecule has 2 rings (SSSR count). The van der Waals surface area contributed by atoms with Gasteiger partial charge < -0.3 is 10.5 Å². The average molecular weight is 333 g/mol. The largest absolute Gasteiger partial charge is 0.454 e. The Morgan fingerprint density at radius 2 is 1.84 bits per heavy atom. The summed E-state index contributed by atoms with van der Waals surface area (Å²) < 4.78 is 43.6. The molecule has 0 aliphatic heterocycles. The van der Waals surface area contributed by atoms with Crippen molar-refractivity contribution >= 4 is 21.6 Å². The summed E-state index contributed by atoms with van der Waals surface area (Å²) in [5, 5.41) is 0. The molecule has 2 N–H and O–H groups in total. The first-order chi connectivity index (χ1) is 8.88. The highest BCUT2D eigenvalue weighted by molar-refractivity contribution is 9.10. The molecule has 100 valence electrons. The number of nitrogens with zero attached hydrogens (tertiary/aromatic N) is 1. The number of ether oxygens (including phenoxy) is 1. The number of aromatic nitrogens is 1. The van der Waals surface area contributed by atoms with Gasteiger partial charge in [-0.05, 0) is 28.1 Å². The van der Waals surface area contributed by atoms with Crippen LogP contribution < -0.4 is 10.5 Å². The minimum absolute atomic E-state index is 0.0313. The van der Waals surface area contributed by atoms with E-state index in [1.54, 1.807) is 24.3 Å². The molecular formula is C12H8BrF3N2O. The molecule has 0 unspecified atom stereocenters. The van der Waals surface area contributed by atoms with Gasteiger partial charge in [-0.15, -0.1) is 0 Å². The van der Waals surface area contributed by atoms with Gasteiger partial charge in [0.2, 0.25) is 0 Å². The van der Waals surface area contributed by atoms with Crippen molar-refractivity contribution in [1.82, 2.24) is 4.98 Å². The van der Waals surface area contributed by atoms with Gasteiger partial charge in [0, 0.05) is 6.07 Å². The van der Waals surface area contributed by atoms with Crippen LogP contribution in [0.4, 0.5) is 18.9 Å². The van der Waals surface area contributed by atoms with Gasteiger partial charge in [0.15, 0.2) is 5.75 Å². The Hall–Kier alpha value is -1.76. The highest BCUT2D eigenvalue weighted by atomic mass is 79.9. The first-order valence-electron chi connectivity index (χ1n) is 5.13. The third kappa shape index (κ3) is 3.17. The van der Waals surface area contributed by atoms with E-state index in [9.17, 15) is 13.2 Å². The summed E-state index contributed by atoms with van der Waals surface area (Å²) in [6.07, 6.45) is -3.62. The lowest BCUT2D eigenvalue weighted by Crippen LogP contribution is -2.08. The fourth-order valence-electron chi connectivity index (χ4n) is 1.34. The smallest absolute Gasteiger partial charge is 0.433 e. The number of nitrogen functional groups attached to an aromatic ring is 1. The minimum Gasteiger partial charge on any atom is -0.454 e. The molecule has 0 bridgehead atoms. The molecule has 1 aromatic heterocycles. The van der Waals surface area contributed by atoms with Crippen LogP contribution in [0.15, 0.2) is 41.0 Å². The van der Waals surface area contributed by atoms with E-state index < -0.39 is 11.9 Å². The number of para-hydroxylation sites is 1. The van der Waals surface area contributed by atoms with E-state index in [4.69, 9.17) is 10.5 Å². The first kappa shape index (κ1) is 13.7. The second-order valence-electron chi connectivity index (χ2n) is 3.64. The third-order valence-electron chi connectivity index (χ3n) is 2.24. The second-order valence-corrected chi connectivity index (χ2v) is 4.49. The van der Waals surface area contributed by atoms with Crippen molar-refractivity contribution in [3.63, 3.8) is 0 Å². The lowest BCUT2D eigenvalue weighted by molar-refractivity contribution is -0.141. The number of nitrogens with two attached hydrogens (primary N) is 1. The van der Waals surface area contributed by atoms with Crippen LogP contribution in [-0.4, -0.2) is 4.98 Å². The van der Waals surface area contributed by atoms with E-state index in [0.29, 0.717) is 10.2 Å². The van der Waals surface area contributed by atoms with Crippen molar-refractivity contribution < 1.29 is 17.9 Å². The SMILES string of the molecule is Nc1cnc(C(F)(F)F)cc1Oc1ccccc1Br. The summed E-state index contributed by atoms with van der Waals surface area (Å²) in [7, 11) is 0. The number of halogens is 4. The van der Waals surface area contributed by atoms with E-state index in [0.717, 1.165) is 12.3 Å². The van der Waals surface area contributed by atoms with Gasteiger partial charge in [0.05, 0.1) is 16.4 Å². The molecule has 1 aromatic carbocycles. The summed E-state index contributed by atoms with van der Waals surface area (Å²) in [5.74, 6) is 0.280. The van der Waals surface area contributed by atoms with Crippen LogP contribution in [0.5, 0.6) is 11.5 Å². The zero-order chi connectivity index (χ0) is 14.0. The molecule has 3 nitrogen and oxygen atoms in total. The first-order valence-corrected chi connectivity index (χ1v) is 5.92. The molecule has 0 aliphatic carbocycles. The fourth-order valence-corrected chi connectivity index (χ4v) is 1.70. The number of hydrogen-bond acceptors (Lipinski definition) is 3. The molecule has 19 heavy (non-hydrogen) atoms. The molecule has 0 radical (unpaired) electrons. The molecule has 7 heteroatoms. The Labute approximate surface area is 115 Å². The van der Waals surface area contributed by atoms with E-state index in [-0.39, 0.29) is 11.4 Å². The standard InChI is InChI=1S/C12H8BrF3N2O/c13-7-3-1-2-4-9(7)19-10-5-11(12(14,15)16)18-6-8(10)17/h1-6H,17H2. The monoisotopic (exact) mass is 332 g/mol. The lowest BCUT2D eigenvalue weighted by atomic mass is 10.3. The van der Waals surface area contributed by atoms with Crippen LogP contribution in [0.25, 0.3) is 0 Å². The van der Waals surface area contributed by atoms with Gasteiger partial charge in [0.25, 0.3) is 0 Å². The van der Waals surface area contributed by atoms with Crippen molar-refractivity contribution in [2.75, 3.05) is 5.73 Å². The van der Waals surface area contributed by atoms with Crippen molar-refractivity contribution in [1.29, 1.82) is 0 Å². The Kier molecular flexibility index (Phi) is 3.66. The minimum atomic E-state index is -4.54. The zero-order valence-corrected chi connectivity index (χ0v) is 11.0. The molecule has 0 spiro atoms. The van der Waals surface area contributed by atoms with E-state index in [2.05, 4.69) is 20.9 Å². The van der Waals surface area contributed by atoms with E-state index in [1.807, 2.05) is 0 Å². The molecule has 1 heterocycles. The van der Waals surface area contributed by atoms with Gasteiger partial charge in [-0.1, -0.05) is 12.1 Å². The number of alkyl halides is 3. The van der Waals surface area contributed by atoms with Gasteiger partial charge >= 0.3 is 6.18 Å². The maximum Gasteiger partial charge on any atom is 0.433 e. The highest BCUT2D eigenvalue weighted by Crippen LogP contribution is 2.36. The highest BCUT2D eigenvalue weighted by Gasteiger charge is 2.33. The van der Waals surface area contributed by atoms with E-state index >= 15 is 0 Å². The summed E-state index contributed by atoms with van der Waals surface area (Å²) in [4.78, 5) is 3.23. The summed E-state index contributed by atoms with van der Waals surface area (Å²) in [6, 6.07) is 7.54. The molecule has 0 aliphatic rings. The van der Waals surface area contributed by atoms with Crippen LogP contribution in [0.3, 0.4) is 0 Å². The molecule has 0 atom stereocenters. The third-order valence-corrected chi connectivity index (χ3v) is 2.90. The van der Waals surface area contributed by atoms with Crippen LogP contribution in [0.2, 0.25) is 0 Å². The van der Waals surface area contributed by atoms with Crippen molar-refractivity contribution in [2.24, 2.45) is 0 Å². The zero-order valence-electron chi connectivity index (χ0n) is 9.41. The number of hydrogen-bond donors (Lipinski definition) is 1. The summed E-state index contributed by atoms with van der Waals surface area (Å²) >= 11 is 3.23. The predicted octanol–water partition coefficient (Wildman–Crippen LogP) is 4.24. The van der Waals surface area contributed by atoms with Crippen LogP contribution >= 0.6 is 15.9 Å². The maximum absolute atomic E-state index is 12.5. The lowest BCUT2D eigenvalue weighted by Gasteiger charge is -2.12. The number of rotatable bonds is 2. The maximum atomic E-state index is 12.5. The summed E-state index contributed by atoms with van der Waals surface area (Å²) in [5.41, 5.74) is 4.54. The van der Waals surface area contributed by atoms with Gasteiger partial charge in [-0.3, -0.25) is 0 Å². The topological polar surface area (TPSA) is 48.1 Å². The fraction of sp³-hybridized carbons (Fsp3) is 0.0833. The second kappa shape index (κ2) is 5.08. The van der Waals surface area contributed by atoms with Crippen molar-refractivity contribution in [2.45, 2.75) is 6.18 Å². The molecular weight excluding hydrogens is 325 g/mol.